The molecular weight excluding hydrogens is 469 g/mol. The van der Waals surface area contributed by atoms with Crippen LogP contribution >= 0.6 is 11.3 Å². The molecule has 9 heteroatoms. The summed E-state index contributed by atoms with van der Waals surface area (Å²) in [5.41, 5.74) is 4.25. The highest BCUT2D eigenvalue weighted by atomic mass is 32.1. The zero-order chi connectivity index (χ0) is 24.5. The van der Waals surface area contributed by atoms with Gasteiger partial charge in [0.1, 0.15) is 9.71 Å². The summed E-state index contributed by atoms with van der Waals surface area (Å²) in [4.78, 5) is 9.09. The van der Waals surface area contributed by atoms with Crippen LogP contribution in [0.15, 0.2) is 61.1 Å². The monoisotopic (exact) mass is 491 g/mol. The summed E-state index contributed by atoms with van der Waals surface area (Å²) in [6.07, 6.45) is 3.46. The Morgan fingerprint density at radius 3 is 2.20 bits per heavy atom. The lowest BCUT2D eigenvalue weighted by Crippen LogP contribution is -1.96. The average Bonchev–Trinajstić information content (AvgIpc) is 3.55. The quantitative estimate of drug-likeness (QED) is 0.279. The molecule has 0 aliphatic carbocycles. The van der Waals surface area contributed by atoms with E-state index in [2.05, 4.69) is 4.98 Å². The lowest BCUT2D eigenvalue weighted by atomic mass is 10.1. The molecule has 0 aliphatic rings. The number of ether oxygens (including phenoxy) is 4. The van der Waals surface area contributed by atoms with E-state index in [1.807, 2.05) is 34.9 Å². The number of hydrogen-bond acceptors (Lipinski definition) is 7. The van der Waals surface area contributed by atoms with Gasteiger partial charge in [-0.3, -0.25) is 4.57 Å². The predicted octanol–water partition coefficient (Wildman–Crippen LogP) is 5.99. The topological polar surface area (TPSA) is 67.6 Å². The van der Waals surface area contributed by atoms with Crippen molar-refractivity contribution in [2.45, 2.75) is 0 Å². The van der Waals surface area contributed by atoms with E-state index in [0.717, 1.165) is 37.7 Å². The summed E-state index contributed by atoms with van der Waals surface area (Å²) >= 11 is 1.52. The van der Waals surface area contributed by atoms with Crippen molar-refractivity contribution in [3.05, 3.63) is 66.9 Å². The molecule has 0 aliphatic heterocycles. The third-order valence-electron chi connectivity index (χ3n) is 5.66. The second-order valence-corrected chi connectivity index (χ2v) is 8.56. The Hall–Kier alpha value is -4.11. The predicted molar refractivity (Wildman–Crippen MR) is 134 cm³/mol. The van der Waals surface area contributed by atoms with Gasteiger partial charge in [0.05, 0.1) is 52.2 Å². The fourth-order valence-electron chi connectivity index (χ4n) is 3.95. The normalized spacial score (nSPS) is 11.0. The fourth-order valence-corrected chi connectivity index (χ4v) is 5.02. The Labute approximate surface area is 205 Å². The molecule has 0 atom stereocenters. The van der Waals surface area contributed by atoms with Gasteiger partial charge in [0, 0.05) is 22.9 Å². The lowest BCUT2D eigenvalue weighted by molar-refractivity contribution is 0.327. The number of rotatable bonds is 7. The van der Waals surface area contributed by atoms with Gasteiger partial charge in [-0.1, -0.05) is 0 Å². The van der Waals surface area contributed by atoms with E-state index < -0.39 is 5.82 Å². The molecule has 0 amide bonds. The van der Waals surface area contributed by atoms with Crippen molar-refractivity contribution in [1.82, 2.24) is 14.5 Å². The molecule has 2 aromatic heterocycles. The van der Waals surface area contributed by atoms with E-state index >= 15 is 0 Å². The van der Waals surface area contributed by atoms with Crippen LogP contribution in [0.4, 0.5) is 4.39 Å². The minimum Gasteiger partial charge on any atom is -0.494 e. The van der Waals surface area contributed by atoms with E-state index in [0.29, 0.717) is 17.2 Å². The number of nitrogens with zero attached hydrogens (tertiary/aromatic N) is 3. The second-order valence-electron chi connectivity index (χ2n) is 7.56. The van der Waals surface area contributed by atoms with Gasteiger partial charge < -0.3 is 18.9 Å². The molecule has 2 heterocycles. The minimum atomic E-state index is -0.408. The van der Waals surface area contributed by atoms with Crippen LogP contribution in [0.3, 0.4) is 0 Å². The van der Waals surface area contributed by atoms with Crippen molar-refractivity contribution < 1.29 is 23.3 Å². The highest BCUT2D eigenvalue weighted by Crippen LogP contribution is 2.46. The van der Waals surface area contributed by atoms with Gasteiger partial charge in [0.25, 0.3) is 0 Å². The molecule has 3 aromatic carbocycles. The third kappa shape index (κ3) is 3.93. The molecule has 0 saturated heterocycles. The SMILES string of the molecule is COc1cc(-c2cncn2-c2ccc(-c3nc4cc(OC)c(OC)c(OC)c4s3)cc2)ccc1F. The number of benzene rings is 3. The van der Waals surface area contributed by atoms with Crippen LogP contribution in [-0.2, 0) is 0 Å². The smallest absolute Gasteiger partial charge is 0.204 e. The first-order valence-corrected chi connectivity index (χ1v) is 11.5. The molecule has 0 unspecified atom stereocenters. The number of hydrogen-bond donors (Lipinski definition) is 0. The lowest BCUT2D eigenvalue weighted by Gasteiger charge is -2.11. The Morgan fingerprint density at radius 1 is 0.800 bits per heavy atom. The summed E-state index contributed by atoms with van der Waals surface area (Å²) in [6.45, 7) is 0. The molecule has 0 radical (unpaired) electrons. The Bertz CT molecular complexity index is 1510. The fraction of sp³-hybridized carbons (Fsp3) is 0.154. The zero-order valence-electron chi connectivity index (χ0n) is 19.5. The van der Waals surface area contributed by atoms with Crippen molar-refractivity contribution in [3.63, 3.8) is 0 Å². The molecule has 0 N–H and O–H groups in total. The minimum absolute atomic E-state index is 0.185. The van der Waals surface area contributed by atoms with Crippen molar-refractivity contribution >= 4 is 21.6 Å². The molecule has 0 bridgehead atoms. The first kappa shape index (κ1) is 22.7. The first-order valence-electron chi connectivity index (χ1n) is 10.6. The molecular formula is C26H22FN3O4S. The first-order chi connectivity index (χ1) is 17.1. The van der Waals surface area contributed by atoms with Crippen molar-refractivity contribution in [2.24, 2.45) is 0 Å². The summed E-state index contributed by atoms with van der Waals surface area (Å²) in [7, 11) is 6.22. The molecule has 35 heavy (non-hydrogen) atoms. The van der Waals surface area contributed by atoms with Crippen LogP contribution in [-0.4, -0.2) is 43.0 Å². The van der Waals surface area contributed by atoms with Gasteiger partial charge in [-0.2, -0.15) is 0 Å². The van der Waals surface area contributed by atoms with Gasteiger partial charge in [-0.15, -0.1) is 11.3 Å². The van der Waals surface area contributed by atoms with Gasteiger partial charge in [-0.25, -0.2) is 14.4 Å². The maximum atomic E-state index is 13.9. The zero-order valence-corrected chi connectivity index (χ0v) is 20.4. The Morgan fingerprint density at radius 2 is 1.51 bits per heavy atom. The number of fused-ring (bicyclic) bond motifs is 1. The Balaban J connectivity index is 1.52. The molecule has 5 rings (SSSR count). The van der Waals surface area contributed by atoms with Crippen LogP contribution in [0.25, 0.3) is 37.7 Å². The molecule has 7 nitrogen and oxygen atoms in total. The summed E-state index contributed by atoms with van der Waals surface area (Å²) in [6, 6.07) is 14.6. The average molecular weight is 492 g/mol. The molecule has 5 aromatic rings. The van der Waals surface area contributed by atoms with E-state index in [4.69, 9.17) is 23.9 Å². The Kier molecular flexibility index (Phi) is 6.00. The van der Waals surface area contributed by atoms with Crippen LogP contribution in [0.2, 0.25) is 0 Å². The third-order valence-corrected chi connectivity index (χ3v) is 6.78. The van der Waals surface area contributed by atoms with Gasteiger partial charge in [0.2, 0.25) is 5.75 Å². The maximum Gasteiger partial charge on any atom is 0.204 e. The number of imidazole rings is 1. The van der Waals surface area contributed by atoms with Gasteiger partial charge >= 0.3 is 0 Å². The molecule has 0 saturated carbocycles. The van der Waals surface area contributed by atoms with Crippen LogP contribution in [0, 0.1) is 5.82 Å². The number of methoxy groups -OCH3 is 4. The van der Waals surface area contributed by atoms with E-state index in [1.54, 1.807) is 46.0 Å². The highest BCUT2D eigenvalue weighted by molar-refractivity contribution is 7.22. The molecule has 0 spiro atoms. The van der Waals surface area contributed by atoms with Crippen molar-refractivity contribution in [3.8, 4) is 50.5 Å². The van der Waals surface area contributed by atoms with Crippen LogP contribution < -0.4 is 18.9 Å². The van der Waals surface area contributed by atoms with E-state index in [9.17, 15) is 4.39 Å². The van der Waals surface area contributed by atoms with Gasteiger partial charge in [0.15, 0.2) is 23.1 Å². The maximum absolute atomic E-state index is 13.9. The van der Waals surface area contributed by atoms with Crippen molar-refractivity contribution in [2.75, 3.05) is 28.4 Å². The van der Waals surface area contributed by atoms with Crippen molar-refractivity contribution in [1.29, 1.82) is 0 Å². The number of aromatic nitrogens is 3. The summed E-state index contributed by atoms with van der Waals surface area (Å²) in [5.74, 6) is 1.48. The molecule has 0 fully saturated rings. The second kappa shape index (κ2) is 9.27. The van der Waals surface area contributed by atoms with E-state index in [1.165, 1.54) is 24.5 Å². The number of thiazole rings is 1. The standard InChI is InChI=1S/C26H22FN3O4S/c1-31-21-11-16(7-10-18(21)27)20-13-28-14-30(20)17-8-5-15(6-9-17)26-29-19-12-22(32-2)23(33-3)24(34-4)25(19)35-26/h5-14H,1-4H3. The summed E-state index contributed by atoms with van der Waals surface area (Å²) in [5, 5.41) is 0.842. The highest BCUT2D eigenvalue weighted by Gasteiger charge is 2.20. The van der Waals surface area contributed by atoms with E-state index in [-0.39, 0.29) is 5.75 Å². The summed E-state index contributed by atoms with van der Waals surface area (Å²) < 4.78 is 38.4. The largest absolute Gasteiger partial charge is 0.494 e. The van der Waals surface area contributed by atoms with Crippen LogP contribution in [0.5, 0.6) is 23.0 Å². The molecule has 178 valence electrons. The number of halogens is 1. The van der Waals surface area contributed by atoms with Crippen LogP contribution in [0.1, 0.15) is 0 Å². The van der Waals surface area contributed by atoms with Gasteiger partial charge in [-0.05, 0) is 42.5 Å².